The van der Waals surface area contributed by atoms with Gasteiger partial charge in [0.05, 0.1) is 12.8 Å². The summed E-state index contributed by atoms with van der Waals surface area (Å²) in [5.41, 5.74) is 3.05. The highest BCUT2D eigenvalue weighted by Gasteiger charge is 2.41. The van der Waals surface area contributed by atoms with Crippen LogP contribution in [0.5, 0.6) is 5.75 Å². The first kappa shape index (κ1) is 28.7. The van der Waals surface area contributed by atoms with E-state index in [0.29, 0.717) is 21.3 Å². The zero-order valence-electron chi connectivity index (χ0n) is 22.8. The van der Waals surface area contributed by atoms with Gasteiger partial charge >= 0.3 is 0 Å². The summed E-state index contributed by atoms with van der Waals surface area (Å²) in [5, 5.41) is -0.551. The number of carbonyl (C=O) groups excluding carboxylic acids is 3. The van der Waals surface area contributed by atoms with Crippen LogP contribution in [0.3, 0.4) is 0 Å². The number of anilines is 1. The van der Waals surface area contributed by atoms with Crippen LogP contribution in [-0.2, 0) is 16.1 Å². The summed E-state index contributed by atoms with van der Waals surface area (Å²) in [5.74, 6) is -0.00864. The summed E-state index contributed by atoms with van der Waals surface area (Å²) >= 11 is 6.98. The van der Waals surface area contributed by atoms with Gasteiger partial charge in [0.15, 0.2) is 5.78 Å². The topological polar surface area (TPSA) is 70.2 Å². The fraction of sp³-hybridized carbons (Fsp3) is 0.250. The Hall–Kier alpha value is -3.79. The van der Waals surface area contributed by atoms with Crippen LogP contribution >= 0.6 is 24.0 Å². The number of nitrogens with zero attached hydrogens (tertiary/aromatic N) is 3. The van der Waals surface area contributed by atoms with E-state index in [1.165, 1.54) is 28.3 Å². The van der Waals surface area contributed by atoms with E-state index in [1.54, 1.807) is 37.5 Å². The lowest BCUT2D eigenvalue weighted by molar-refractivity contribution is -0.121. The molecule has 2 heterocycles. The molecule has 0 bridgehead atoms. The fourth-order valence-electron chi connectivity index (χ4n) is 4.88. The number of imide groups is 1. The predicted molar refractivity (Wildman–Crippen MR) is 167 cm³/mol. The first-order valence-corrected chi connectivity index (χ1v) is 14.8. The Bertz CT molecular complexity index is 1450. The zero-order valence-corrected chi connectivity index (χ0v) is 24.4. The maximum absolute atomic E-state index is 13.2. The van der Waals surface area contributed by atoms with Gasteiger partial charge in [-0.05, 0) is 53.6 Å². The summed E-state index contributed by atoms with van der Waals surface area (Å²) in [6.45, 7) is 4.26. The van der Waals surface area contributed by atoms with Crippen molar-refractivity contribution in [3.8, 4) is 5.75 Å². The minimum Gasteiger partial charge on any atom is -0.497 e. The third-order valence-corrected chi connectivity index (χ3v) is 8.82. The molecule has 2 aliphatic rings. The van der Waals surface area contributed by atoms with E-state index in [-0.39, 0.29) is 24.0 Å². The minimum absolute atomic E-state index is 0.0988. The van der Waals surface area contributed by atoms with Crippen LogP contribution in [0, 0.1) is 0 Å². The van der Waals surface area contributed by atoms with E-state index in [1.807, 2.05) is 30.3 Å². The average Bonchev–Trinajstić information content (AvgIpc) is 3.28. The molecule has 2 amide bonds. The molecule has 0 aromatic heterocycles. The van der Waals surface area contributed by atoms with Crippen molar-refractivity contribution in [1.29, 1.82) is 0 Å². The predicted octanol–water partition coefficient (Wildman–Crippen LogP) is 5.06. The second kappa shape index (κ2) is 13.2. The van der Waals surface area contributed by atoms with Gasteiger partial charge in [0, 0.05) is 44.7 Å². The minimum atomic E-state index is -0.551. The first-order chi connectivity index (χ1) is 19.9. The molecule has 210 valence electrons. The molecule has 0 aliphatic carbocycles. The largest absolute Gasteiger partial charge is 0.497 e. The van der Waals surface area contributed by atoms with Crippen molar-refractivity contribution < 1.29 is 19.1 Å². The number of carbonyl (C=O) groups is 3. The maximum atomic E-state index is 13.2. The van der Waals surface area contributed by atoms with Crippen LogP contribution in [0.4, 0.5) is 5.69 Å². The summed E-state index contributed by atoms with van der Waals surface area (Å²) in [6.07, 6.45) is 3.31. The van der Waals surface area contributed by atoms with Crippen molar-refractivity contribution in [3.05, 3.63) is 102 Å². The van der Waals surface area contributed by atoms with Gasteiger partial charge < -0.3 is 9.64 Å². The van der Waals surface area contributed by atoms with Crippen molar-refractivity contribution in [2.24, 2.45) is 0 Å². The van der Waals surface area contributed by atoms with Gasteiger partial charge in [-0.15, -0.1) is 0 Å². The quantitative estimate of drug-likeness (QED) is 0.157. The van der Waals surface area contributed by atoms with Gasteiger partial charge in [0.2, 0.25) is 11.8 Å². The lowest BCUT2D eigenvalue weighted by atomic mass is 10.1. The number of ether oxygens (including phenoxy) is 1. The van der Waals surface area contributed by atoms with Crippen LogP contribution in [0.15, 0.2) is 84.9 Å². The molecule has 2 fully saturated rings. The van der Waals surface area contributed by atoms with Gasteiger partial charge in [0.1, 0.15) is 15.3 Å². The van der Waals surface area contributed by atoms with Crippen molar-refractivity contribution in [1.82, 2.24) is 9.80 Å². The molecule has 0 N–H and O–H groups in total. The number of methoxy groups -OCH3 is 1. The molecule has 0 radical (unpaired) electrons. The van der Waals surface area contributed by atoms with Crippen molar-refractivity contribution >= 4 is 57.7 Å². The van der Waals surface area contributed by atoms with Crippen LogP contribution < -0.4 is 9.64 Å². The van der Waals surface area contributed by atoms with Crippen molar-refractivity contribution in [2.75, 3.05) is 38.2 Å². The summed E-state index contributed by atoms with van der Waals surface area (Å²) in [6, 6.07) is 24.3. The van der Waals surface area contributed by atoms with E-state index in [4.69, 9.17) is 17.0 Å². The molecule has 0 unspecified atom stereocenters. The van der Waals surface area contributed by atoms with Crippen molar-refractivity contribution in [3.63, 3.8) is 0 Å². The molecule has 3 aromatic carbocycles. The van der Waals surface area contributed by atoms with Crippen LogP contribution in [-0.4, -0.2) is 70.3 Å². The lowest BCUT2D eigenvalue weighted by Crippen LogP contribution is -2.47. The lowest BCUT2D eigenvalue weighted by Gasteiger charge is -2.36. The number of piperazine rings is 1. The van der Waals surface area contributed by atoms with Gasteiger partial charge in [-0.3, -0.25) is 19.3 Å². The SMILES string of the molecule is COc1cccc(/C=C/C(=O)c2ccc(N3C(=O)C[C@H](SC(=S)N4CCN(Cc5ccccc5)CC4)C3=O)cc2)c1. The average molecular weight is 586 g/mol. The standard InChI is InChI=1S/C32H31N3O4S2/c1-39-27-9-5-8-23(20-27)10-15-28(36)25-11-13-26(14-12-25)35-30(37)21-29(31(35)38)41-32(40)34-18-16-33(17-19-34)22-24-6-3-2-4-7-24/h2-15,20,29H,16-19,21-22H2,1H3/b15-10+/t29-/m0/s1. The Labute approximate surface area is 249 Å². The van der Waals surface area contributed by atoms with Crippen LogP contribution in [0.25, 0.3) is 6.08 Å². The van der Waals surface area contributed by atoms with E-state index >= 15 is 0 Å². The first-order valence-electron chi connectivity index (χ1n) is 13.5. The number of amides is 2. The second-order valence-corrected chi connectivity index (χ2v) is 11.8. The number of hydrogen-bond acceptors (Lipinski definition) is 7. The highest BCUT2D eigenvalue weighted by Crippen LogP contribution is 2.32. The van der Waals surface area contributed by atoms with Gasteiger partial charge in [-0.25, -0.2) is 4.90 Å². The molecule has 7 nitrogen and oxygen atoms in total. The highest BCUT2D eigenvalue weighted by atomic mass is 32.2. The number of ketones is 1. The summed E-state index contributed by atoms with van der Waals surface area (Å²) in [7, 11) is 1.59. The molecular weight excluding hydrogens is 555 g/mol. The third-order valence-electron chi connectivity index (χ3n) is 7.16. The van der Waals surface area contributed by atoms with E-state index in [0.717, 1.165) is 38.3 Å². The smallest absolute Gasteiger partial charge is 0.247 e. The van der Waals surface area contributed by atoms with Crippen molar-refractivity contribution in [2.45, 2.75) is 18.2 Å². The monoisotopic (exact) mass is 585 g/mol. The molecule has 1 atom stereocenters. The van der Waals surface area contributed by atoms with Gasteiger partial charge in [0.25, 0.3) is 0 Å². The number of allylic oxidation sites excluding steroid dienone is 1. The number of thiocarbonyl (C=S) groups is 1. The number of hydrogen-bond donors (Lipinski definition) is 0. The van der Waals surface area contributed by atoms with Crippen LogP contribution in [0.1, 0.15) is 27.9 Å². The number of benzene rings is 3. The summed E-state index contributed by atoms with van der Waals surface area (Å²) in [4.78, 5) is 44.5. The van der Waals surface area contributed by atoms with Gasteiger partial charge in [-0.1, -0.05) is 72.5 Å². The fourth-order valence-corrected chi connectivity index (χ4v) is 6.42. The Morgan fingerprint density at radius 3 is 2.41 bits per heavy atom. The molecule has 9 heteroatoms. The Kier molecular flexibility index (Phi) is 9.28. The second-order valence-electron chi connectivity index (χ2n) is 9.91. The molecule has 2 saturated heterocycles. The normalized spacial score (nSPS) is 17.8. The Morgan fingerprint density at radius 1 is 0.976 bits per heavy atom. The van der Waals surface area contributed by atoms with E-state index in [9.17, 15) is 14.4 Å². The zero-order chi connectivity index (χ0) is 28.8. The molecule has 2 aliphatic heterocycles. The number of thioether (sulfide) groups is 1. The Morgan fingerprint density at radius 2 is 1.71 bits per heavy atom. The molecular formula is C32H31N3O4S2. The Balaban J connectivity index is 1.14. The third kappa shape index (κ3) is 7.11. The molecule has 0 saturated carbocycles. The van der Waals surface area contributed by atoms with E-state index in [2.05, 4.69) is 34.1 Å². The molecule has 0 spiro atoms. The maximum Gasteiger partial charge on any atom is 0.247 e. The molecule has 41 heavy (non-hydrogen) atoms. The van der Waals surface area contributed by atoms with E-state index < -0.39 is 5.25 Å². The number of rotatable bonds is 8. The molecule has 3 aromatic rings. The van der Waals surface area contributed by atoms with Crippen LogP contribution in [0.2, 0.25) is 0 Å². The summed E-state index contributed by atoms with van der Waals surface area (Å²) < 4.78 is 5.87. The highest BCUT2D eigenvalue weighted by molar-refractivity contribution is 8.23. The van der Waals surface area contributed by atoms with Gasteiger partial charge in [-0.2, -0.15) is 0 Å². The molecule has 5 rings (SSSR count).